The van der Waals surface area contributed by atoms with Crippen LogP contribution in [0.25, 0.3) is 0 Å². The van der Waals surface area contributed by atoms with Crippen LogP contribution in [0.4, 0.5) is 5.69 Å². The molecule has 6 nitrogen and oxygen atoms in total. The Hall–Kier alpha value is -3.32. The summed E-state index contributed by atoms with van der Waals surface area (Å²) >= 11 is 3.42. The number of benzene rings is 3. The molecule has 0 heterocycles. The average molecular weight is 469 g/mol. The SMILES string of the molecule is CCOc1cc(C=NNc2cccc(C(=O)O)c2)ccc1OCc1ccc(Br)cc1. The van der Waals surface area contributed by atoms with Crippen molar-refractivity contribution in [3.8, 4) is 11.5 Å². The largest absolute Gasteiger partial charge is 0.490 e. The van der Waals surface area contributed by atoms with Gasteiger partial charge in [0.25, 0.3) is 0 Å². The highest BCUT2D eigenvalue weighted by Crippen LogP contribution is 2.29. The molecule has 0 bridgehead atoms. The molecule has 0 aliphatic heterocycles. The topological polar surface area (TPSA) is 80.2 Å². The third-order valence-corrected chi connectivity index (χ3v) is 4.62. The van der Waals surface area contributed by atoms with Gasteiger partial charge in [-0.05, 0) is 66.6 Å². The number of halogens is 1. The number of ether oxygens (including phenoxy) is 2. The standard InChI is InChI=1S/C23H21BrN2O4/c1-2-29-22-12-17(14-25-26-20-5-3-4-18(13-20)23(27)28)8-11-21(22)30-15-16-6-9-19(24)10-7-16/h3-14,26H,2,15H2,1H3,(H,27,28). The minimum absolute atomic E-state index is 0.195. The molecule has 0 aromatic heterocycles. The summed E-state index contributed by atoms with van der Waals surface area (Å²) in [5.74, 6) is 0.299. The molecule has 3 aromatic carbocycles. The Morgan fingerprint density at radius 3 is 2.60 bits per heavy atom. The zero-order valence-corrected chi connectivity index (χ0v) is 17.9. The van der Waals surface area contributed by atoms with Gasteiger partial charge in [0.15, 0.2) is 11.5 Å². The van der Waals surface area contributed by atoms with Gasteiger partial charge in [0, 0.05) is 4.47 Å². The van der Waals surface area contributed by atoms with E-state index in [2.05, 4.69) is 26.5 Å². The lowest BCUT2D eigenvalue weighted by atomic mass is 10.2. The quantitative estimate of drug-likeness (QED) is 0.316. The highest BCUT2D eigenvalue weighted by molar-refractivity contribution is 9.10. The van der Waals surface area contributed by atoms with Crippen LogP contribution in [0, 0.1) is 0 Å². The molecule has 7 heteroatoms. The summed E-state index contributed by atoms with van der Waals surface area (Å²) in [6.45, 7) is 2.86. The number of anilines is 1. The van der Waals surface area contributed by atoms with Gasteiger partial charge in [-0.3, -0.25) is 5.43 Å². The van der Waals surface area contributed by atoms with Crippen LogP contribution in [0.1, 0.15) is 28.4 Å². The summed E-state index contributed by atoms with van der Waals surface area (Å²) in [5.41, 5.74) is 5.49. The zero-order chi connectivity index (χ0) is 21.3. The first kappa shape index (κ1) is 21.4. The van der Waals surface area contributed by atoms with Crippen molar-refractivity contribution in [1.29, 1.82) is 0 Å². The lowest BCUT2D eigenvalue weighted by Crippen LogP contribution is -2.01. The Kier molecular flexibility index (Phi) is 7.45. The van der Waals surface area contributed by atoms with Crippen molar-refractivity contribution in [2.75, 3.05) is 12.0 Å². The van der Waals surface area contributed by atoms with E-state index in [4.69, 9.17) is 14.6 Å². The van der Waals surface area contributed by atoms with Crippen molar-refractivity contribution in [3.63, 3.8) is 0 Å². The van der Waals surface area contributed by atoms with E-state index in [0.29, 0.717) is 30.4 Å². The molecule has 2 N–H and O–H groups in total. The molecule has 0 aliphatic carbocycles. The van der Waals surface area contributed by atoms with E-state index in [0.717, 1.165) is 15.6 Å². The van der Waals surface area contributed by atoms with Gasteiger partial charge < -0.3 is 14.6 Å². The van der Waals surface area contributed by atoms with Crippen LogP contribution in [0.3, 0.4) is 0 Å². The first-order chi connectivity index (χ1) is 14.5. The molecule has 0 atom stereocenters. The molecule has 0 amide bonds. The lowest BCUT2D eigenvalue weighted by molar-refractivity contribution is 0.0697. The molecule has 0 saturated heterocycles. The third-order valence-electron chi connectivity index (χ3n) is 4.09. The smallest absolute Gasteiger partial charge is 0.335 e. The molecule has 30 heavy (non-hydrogen) atoms. The summed E-state index contributed by atoms with van der Waals surface area (Å²) in [7, 11) is 0. The van der Waals surface area contributed by atoms with E-state index in [1.807, 2.05) is 49.4 Å². The summed E-state index contributed by atoms with van der Waals surface area (Å²) in [4.78, 5) is 11.0. The van der Waals surface area contributed by atoms with Gasteiger partial charge in [-0.15, -0.1) is 0 Å². The van der Waals surface area contributed by atoms with Gasteiger partial charge in [-0.25, -0.2) is 4.79 Å². The van der Waals surface area contributed by atoms with Crippen molar-refractivity contribution < 1.29 is 19.4 Å². The Morgan fingerprint density at radius 1 is 1.07 bits per heavy atom. The maximum atomic E-state index is 11.0. The molecule has 154 valence electrons. The zero-order valence-electron chi connectivity index (χ0n) is 16.3. The number of carbonyl (C=O) groups is 1. The van der Waals surface area contributed by atoms with Gasteiger partial charge >= 0.3 is 5.97 Å². The predicted molar refractivity (Wildman–Crippen MR) is 121 cm³/mol. The van der Waals surface area contributed by atoms with Gasteiger partial charge in [0.05, 0.1) is 24.1 Å². The Labute approximate surface area is 183 Å². The van der Waals surface area contributed by atoms with Crippen molar-refractivity contribution in [2.24, 2.45) is 5.10 Å². The van der Waals surface area contributed by atoms with Crippen LogP contribution in [-0.2, 0) is 6.61 Å². The lowest BCUT2D eigenvalue weighted by Gasteiger charge is -2.12. The van der Waals surface area contributed by atoms with Crippen molar-refractivity contribution in [3.05, 3.63) is 87.9 Å². The fraction of sp³-hybridized carbons (Fsp3) is 0.130. The van der Waals surface area contributed by atoms with Gasteiger partial charge in [-0.2, -0.15) is 5.10 Å². The number of nitrogens with one attached hydrogen (secondary N) is 1. The van der Waals surface area contributed by atoms with E-state index >= 15 is 0 Å². The maximum absolute atomic E-state index is 11.0. The number of rotatable bonds is 9. The number of aromatic carboxylic acids is 1. The van der Waals surface area contributed by atoms with Crippen molar-refractivity contribution in [1.82, 2.24) is 0 Å². The molecule has 0 spiro atoms. The van der Waals surface area contributed by atoms with Crippen LogP contribution >= 0.6 is 15.9 Å². The average Bonchev–Trinajstić information content (AvgIpc) is 2.75. The summed E-state index contributed by atoms with van der Waals surface area (Å²) in [6.07, 6.45) is 1.63. The van der Waals surface area contributed by atoms with Crippen molar-refractivity contribution >= 4 is 33.8 Å². The van der Waals surface area contributed by atoms with E-state index < -0.39 is 5.97 Å². The van der Waals surface area contributed by atoms with E-state index in [1.54, 1.807) is 18.3 Å². The second-order valence-electron chi connectivity index (χ2n) is 6.31. The number of hydrogen-bond acceptors (Lipinski definition) is 5. The fourth-order valence-electron chi connectivity index (χ4n) is 2.64. The van der Waals surface area contributed by atoms with E-state index in [-0.39, 0.29) is 5.56 Å². The number of carboxylic acid groups (broad SMARTS) is 1. The summed E-state index contributed by atoms with van der Waals surface area (Å²) < 4.78 is 12.7. The first-order valence-corrected chi connectivity index (χ1v) is 10.1. The second kappa shape index (κ2) is 10.5. The number of hydrazone groups is 1. The molecule has 0 fully saturated rings. The molecule has 0 radical (unpaired) electrons. The van der Waals surface area contributed by atoms with Crippen LogP contribution < -0.4 is 14.9 Å². The van der Waals surface area contributed by atoms with Crippen LogP contribution in [0.15, 0.2) is 76.3 Å². The van der Waals surface area contributed by atoms with Gasteiger partial charge in [0.2, 0.25) is 0 Å². The first-order valence-electron chi connectivity index (χ1n) is 9.31. The van der Waals surface area contributed by atoms with Gasteiger partial charge in [-0.1, -0.05) is 34.1 Å². The summed E-state index contributed by atoms with van der Waals surface area (Å²) in [6, 6.07) is 20.0. The monoisotopic (exact) mass is 468 g/mol. The number of hydrogen-bond donors (Lipinski definition) is 2. The van der Waals surface area contributed by atoms with Crippen LogP contribution in [-0.4, -0.2) is 23.9 Å². The Morgan fingerprint density at radius 2 is 1.87 bits per heavy atom. The van der Waals surface area contributed by atoms with E-state index in [9.17, 15) is 4.79 Å². The molecule has 3 aromatic rings. The molecule has 0 saturated carbocycles. The highest BCUT2D eigenvalue weighted by atomic mass is 79.9. The fourth-order valence-corrected chi connectivity index (χ4v) is 2.90. The number of nitrogens with zero attached hydrogens (tertiary/aromatic N) is 1. The summed E-state index contributed by atoms with van der Waals surface area (Å²) in [5, 5.41) is 13.2. The molecule has 0 aliphatic rings. The van der Waals surface area contributed by atoms with Crippen molar-refractivity contribution in [2.45, 2.75) is 13.5 Å². The predicted octanol–water partition coefficient (Wildman–Crippen LogP) is 5.57. The normalized spacial score (nSPS) is 10.7. The molecule has 0 unspecified atom stereocenters. The number of carboxylic acids is 1. The van der Waals surface area contributed by atoms with Crippen LogP contribution in [0.5, 0.6) is 11.5 Å². The van der Waals surface area contributed by atoms with Crippen LogP contribution in [0.2, 0.25) is 0 Å². The third kappa shape index (κ3) is 6.09. The molecular weight excluding hydrogens is 448 g/mol. The Balaban J connectivity index is 1.67. The maximum Gasteiger partial charge on any atom is 0.335 e. The highest BCUT2D eigenvalue weighted by Gasteiger charge is 2.07. The minimum atomic E-state index is -0.984. The van der Waals surface area contributed by atoms with E-state index in [1.165, 1.54) is 12.1 Å². The minimum Gasteiger partial charge on any atom is -0.490 e. The Bertz CT molecular complexity index is 1040. The molecule has 3 rings (SSSR count). The molecular formula is C23H21BrN2O4. The second-order valence-corrected chi connectivity index (χ2v) is 7.23. The van der Waals surface area contributed by atoms with Gasteiger partial charge in [0.1, 0.15) is 6.61 Å².